The maximum Gasteiger partial charge on any atom is 0.408 e. The van der Waals surface area contributed by atoms with Gasteiger partial charge in [-0.1, -0.05) is 66.7 Å². The number of carbonyl (C=O) groups excluding carboxylic acids is 1. The number of hydrogen-bond donors (Lipinski definition) is 1. The summed E-state index contributed by atoms with van der Waals surface area (Å²) in [4.78, 5) is 12.5. The van der Waals surface area contributed by atoms with Gasteiger partial charge in [0.1, 0.15) is 11.9 Å². The zero-order valence-electron chi connectivity index (χ0n) is 16.0. The van der Waals surface area contributed by atoms with Crippen molar-refractivity contribution < 1.29 is 18.6 Å². The summed E-state index contributed by atoms with van der Waals surface area (Å²) in [6.07, 6.45) is 1.92. The molecule has 6 heteroatoms. The largest absolute Gasteiger partial charge is 0.445 e. The fourth-order valence-corrected chi connectivity index (χ4v) is 6.51. The predicted octanol–water partition coefficient (Wildman–Crippen LogP) is 5.33. The van der Waals surface area contributed by atoms with Crippen molar-refractivity contribution in [1.82, 2.24) is 5.32 Å². The fourth-order valence-electron chi connectivity index (χ4n) is 3.45. The lowest BCUT2D eigenvalue weighted by Crippen LogP contribution is -2.39. The molecule has 1 N–H and O–H groups in total. The van der Waals surface area contributed by atoms with Crippen molar-refractivity contribution in [2.24, 2.45) is 5.92 Å². The second kappa shape index (κ2) is 8.76. The highest BCUT2D eigenvalue weighted by molar-refractivity contribution is 7.60. The number of carbonyl (C=O) groups is 1. The molecule has 1 fully saturated rings. The third-order valence-electron chi connectivity index (χ3n) is 4.98. The van der Waals surface area contributed by atoms with Crippen LogP contribution in [0.1, 0.15) is 24.5 Å². The van der Waals surface area contributed by atoms with E-state index in [1.807, 2.05) is 67.6 Å². The second-order valence-electron chi connectivity index (χ2n) is 6.89. The predicted molar refractivity (Wildman–Crippen MR) is 110 cm³/mol. The Labute approximate surface area is 166 Å². The minimum Gasteiger partial charge on any atom is -0.445 e. The van der Waals surface area contributed by atoms with E-state index in [4.69, 9.17) is 9.26 Å². The van der Waals surface area contributed by atoms with Gasteiger partial charge >= 0.3 is 6.09 Å². The molecule has 0 heterocycles. The molecule has 0 radical (unpaired) electrons. The quantitative estimate of drug-likeness (QED) is 0.457. The second-order valence-corrected chi connectivity index (χ2v) is 9.61. The Hall–Kier alpha value is -2.36. The van der Waals surface area contributed by atoms with Gasteiger partial charge in [-0.05, 0) is 24.5 Å². The van der Waals surface area contributed by atoms with E-state index in [1.54, 1.807) is 6.08 Å². The van der Waals surface area contributed by atoms with E-state index in [9.17, 15) is 9.36 Å². The zero-order valence-corrected chi connectivity index (χ0v) is 16.9. The van der Waals surface area contributed by atoms with Gasteiger partial charge < -0.3 is 14.6 Å². The Morgan fingerprint density at radius 1 is 1.18 bits per heavy atom. The van der Waals surface area contributed by atoms with E-state index in [1.165, 1.54) is 0 Å². The lowest BCUT2D eigenvalue weighted by molar-refractivity contribution is 0.136. The highest BCUT2D eigenvalue weighted by Crippen LogP contribution is 2.73. The molecule has 1 aliphatic carbocycles. The first-order valence-corrected chi connectivity index (χ1v) is 11.2. The molecule has 148 valence electrons. The Morgan fingerprint density at radius 2 is 1.79 bits per heavy atom. The summed E-state index contributed by atoms with van der Waals surface area (Å²) in [7, 11) is -3.24. The summed E-state index contributed by atoms with van der Waals surface area (Å²) in [5.74, 6) is -0.113. The lowest BCUT2D eigenvalue weighted by Gasteiger charge is -2.29. The van der Waals surface area contributed by atoms with E-state index in [-0.39, 0.29) is 18.7 Å². The molecule has 0 bridgehead atoms. The van der Waals surface area contributed by atoms with Crippen molar-refractivity contribution in [2.75, 3.05) is 6.61 Å². The molecule has 0 saturated heterocycles. The Morgan fingerprint density at radius 3 is 2.32 bits per heavy atom. The number of rotatable bonds is 9. The smallest absolute Gasteiger partial charge is 0.408 e. The minimum absolute atomic E-state index is 0.113. The normalized spacial score (nSPS) is 22.7. The molecule has 1 saturated carbocycles. The Kier molecular flexibility index (Phi) is 6.38. The van der Waals surface area contributed by atoms with Gasteiger partial charge in [0.25, 0.3) is 0 Å². The molecule has 0 aromatic heterocycles. The minimum atomic E-state index is -3.24. The monoisotopic (exact) mass is 399 g/mol. The van der Waals surface area contributed by atoms with Crippen LogP contribution in [0.4, 0.5) is 4.79 Å². The van der Waals surface area contributed by atoms with Crippen LogP contribution >= 0.6 is 7.37 Å². The van der Waals surface area contributed by atoms with E-state index in [2.05, 4.69) is 11.9 Å². The molecular weight excluding hydrogens is 373 g/mol. The summed E-state index contributed by atoms with van der Waals surface area (Å²) in [6.45, 7) is 6.09. The maximum absolute atomic E-state index is 13.9. The van der Waals surface area contributed by atoms with Crippen molar-refractivity contribution in [3.63, 3.8) is 0 Å². The summed E-state index contributed by atoms with van der Waals surface area (Å²) in [6, 6.07) is 19.0. The van der Waals surface area contributed by atoms with Crippen molar-refractivity contribution in [3.8, 4) is 0 Å². The molecule has 0 spiro atoms. The van der Waals surface area contributed by atoms with Crippen LogP contribution in [0.15, 0.2) is 73.3 Å². The topological polar surface area (TPSA) is 64.6 Å². The van der Waals surface area contributed by atoms with Gasteiger partial charge in [-0.15, -0.1) is 6.58 Å². The van der Waals surface area contributed by atoms with Gasteiger partial charge in [0, 0.05) is 5.92 Å². The summed E-state index contributed by atoms with van der Waals surface area (Å²) in [5.41, 5.74) is 1.80. The first-order chi connectivity index (χ1) is 13.5. The molecule has 28 heavy (non-hydrogen) atoms. The van der Waals surface area contributed by atoms with Crippen LogP contribution in [0.2, 0.25) is 0 Å². The fraction of sp³-hybridized carbons (Fsp3) is 0.318. The van der Waals surface area contributed by atoms with Crippen molar-refractivity contribution >= 4 is 13.5 Å². The molecule has 2 aromatic carbocycles. The summed E-state index contributed by atoms with van der Waals surface area (Å²) < 4.78 is 25.1. The van der Waals surface area contributed by atoms with Gasteiger partial charge in [-0.25, -0.2) is 4.79 Å². The van der Waals surface area contributed by atoms with Crippen LogP contribution < -0.4 is 5.32 Å². The molecule has 0 aliphatic heterocycles. The van der Waals surface area contributed by atoms with Crippen LogP contribution in [0, 0.1) is 5.92 Å². The highest BCUT2D eigenvalue weighted by atomic mass is 31.2. The number of amides is 1. The van der Waals surface area contributed by atoms with Crippen LogP contribution in [0.3, 0.4) is 0 Å². The molecule has 2 aromatic rings. The number of nitrogens with one attached hydrogen (secondary N) is 1. The van der Waals surface area contributed by atoms with E-state index >= 15 is 0 Å². The van der Waals surface area contributed by atoms with Crippen LogP contribution in [0.25, 0.3) is 0 Å². The molecule has 1 aliphatic rings. The summed E-state index contributed by atoms with van der Waals surface area (Å²) >= 11 is 0. The standard InChI is InChI=1S/C22H26NO4P/c1-3-20-15-22(20,23-21(24)26-16-18-11-7-5-8-12-18)28(25,27-4-2)17-19-13-9-6-10-14-19/h3,5-14,20H,1,4,15-17H2,2H3,(H,23,24). The Balaban J connectivity index is 1.76. The van der Waals surface area contributed by atoms with Gasteiger partial charge in [-0.3, -0.25) is 4.57 Å². The number of benzene rings is 2. The van der Waals surface area contributed by atoms with Crippen molar-refractivity contribution in [3.05, 3.63) is 84.4 Å². The van der Waals surface area contributed by atoms with Crippen LogP contribution in [-0.2, 0) is 26.6 Å². The van der Waals surface area contributed by atoms with Crippen LogP contribution in [-0.4, -0.2) is 18.0 Å². The van der Waals surface area contributed by atoms with Crippen molar-refractivity contribution in [1.29, 1.82) is 0 Å². The molecular formula is C22H26NO4P. The SMILES string of the molecule is C=CC1CC1(NC(=O)OCc1ccccc1)P(=O)(Cc1ccccc1)OCC. The average Bonchev–Trinajstić information content (AvgIpc) is 3.43. The van der Waals surface area contributed by atoms with Gasteiger partial charge in [0.05, 0.1) is 12.8 Å². The lowest BCUT2D eigenvalue weighted by atomic mass is 10.2. The maximum atomic E-state index is 13.9. The average molecular weight is 399 g/mol. The van der Waals surface area contributed by atoms with E-state index in [0.29, 0.717) is 13.0 Å². The third-order valence-corrected chi connectivity index (χ3v) is 8.28. The molecule has 1 amide bonds. The number of hydrogen-bond acceptors (Lipinski definition) is 4. The number of alkyl carbamates (subject to hydrolysis) is 1. The van der Waals surface area contributed by atoms with E-state index < -0.39 is 18.7 Å². The zero-order chi connectivity index (χ0) is 20.0. The third kappa shape index (κ3) is 4.37. The van der Waals surface area contributed by atoms with Gasteiger partial charge in [-0.2, -0.15) is 0 Å². The molecule has 3 atom stereocenters. The first-order valence-electron chi connectivity index (χ1n) is 9.42. The van der Waals surface area contributed by atoms with Crippen molar-refractivity contribution in [2.45, 2.75) is 31.4 Å². The molecule has 3 rings (SSSR count). The highest BCUT2D eigenvalue weighted by Gasteiger charge is 2.66. The molecule has 3 unspecified atom stereocenters. The summed E-state index contributed by atoms with van der Waals surface area (Å²) in [5, 5.41) is 1.90. The first kappa shape index (κ1) is 20.4. The van der Waals surface area contributed by atoms with Gasteiger partial charge in [0.2, 0.25) is 7.37 Å². The molecule has 5 nitrogen and oxygen atoms in total. The van der Waals surface area contributed by atoms with Gasteiger partial charge in [0.15, 0.2) is 0 Å². The number of ether oxygens (including phenoxy) is 1. The Bertz CT molecular complexity index is 855. The van der Waals surface area contributed by atoms with E-state index in [0.717, 1.165) is 11.1 Å². The van der Waals surface area contributed by atoms with Crippen LogP contribution in [0.5, 0.6) is 0 Å².